The molecule has 0 atom stereocenters. The van der Waals surface area contributed by atoms with Crippen molar-refractivity contribution in [1.29, 1.82) is 0 Å². The van der Waals surface area contributed by atoms with Gasteiger partial charge in [-0.15, -0.1) is 0 Å². The summed E-state index contributed by atoms with van der Waals surface area (Å²) in [5.74, 6) is -0.650. The molecule has 2 rings (SSSR count). The Labute approximate surface area is 157 Å². The van der Waals surface area contributed by atoms with Crippen LogP contribution in [0.4, 0.5) is 4.79 Å². The monoisotopic (exact) mass is 372 g/mol. The fourth-order valence-corrected chi connectivity index (χ4v) is 2.35. The number of alkyl carbamates (subject to hydrolysis) is 1. The van der Waals surface area contributed by atoms with Gasteiger partial charge in [-0.25, -0.2) is 9.59 Å². The molecule has 1 heterocycles. The number of ether oxygens (including phenoxy) is 2. The largest absolute Gasteiger partial charge is 0.462 e. The first kappa shape index (κ1) is 20.2. The number of rotatable bonds is 5. The predicted molar refractivity (Wildman–Crippen MR) is 104 cm³/mol. The van der Waals surface area contributed by atoms with Crippen molar-refractivity contribution in [2.24, 2.45) is 0 Å². The van der Waals surface area contributed by atoms with Crippen molar-refractivity contribution >= 4 is 29.0 Å². The van der Waals surface area contributed by atoms with Crippen LogP contribution in [0.15, 0.2) is 35.3 Å². The first-order valence-electron chi connectivity index (χ1n) is 8.67. The third kappa shape index (κ3) is 5.70. The summed E-state index contributed by atoms with van der Waals surface area (Å²) in [5, 5.41) is 3.01. The number of fused-ring (bicyclic) bond motifs is 1. The van der Waals surface area contributed by atoms with Crippen molar-refractivity contribution in [3.63, 3.8) is 0 Å². The van der Waals surface area contributed by atoms with Crippen molar-refractivity contribution in [1.82, 2.24) is 10.3 Å². The SMILES string of the molecule is CCOC(=O)c1c[nH]c2ccc(C=CCNC(=O)OC(C)(C)C)cc2c1=O. The number of nitrogens with one attached hydrogen (secondary N) is 2. The van der Waals surface area contributed by atoms with E-state index in [-0.39, 0.29) is 24.1 Å². The Kier molecular flexibility index (Phi) is 6.39. The molecular weight excluding hydrogens is 348 g/mol. The van der Waals surface area contributed by atoms with Crippen molar-refractivity contribution < 1.29 is 19.1 Å². The number of H-pyrrole nitrogens is 1. The number of carbonyl (C=O) groups is 2. The van der Waals surface area contributed by atoms with Gasteiger partial charge in [0.15, 0.2) is 0 Å². The van der Waals surface area contributed by atoms with E-state index in [1.54, 1.807) is 52.0 Å². The standard InChI is InChI=1S/C20H24N2O5/c1-5-26-18(24)15-12-22-16-9-8-13(11-14(16)17(15)23)7-6-10-21-19(25)27-20(2,3)4/h6-9,11-12H,5,10H2,1-4H3,(H,21,25)(H,22,23). The maximum absolute atomic E-state index is 12.5. The van der Waals surface area contributed by atoms with Crippen LogP contribution in [0.2, 0.25) is 0 Å². The van der Waals surface area contributed by atoms with E-state index in [9.17, 15) is 14.4 Å². The number of esters is 1. The molecule has 1 amide bonds. The van der Waals surface area contributed by atoms with Crippen molar-refractivity contribution in [2.45, 2.75) is 33.3 Å². The fraction of sp³-hybridized carbons (Fsp3) is 0.350. The third-order valence-corrected chi connectivity index (χ3v) is 3.47. The number of hydrogen-bond donors (Lipinski definition) is 2. The van der Waals surface area contributed by atoms with Gasteiger partial charge in [-0.3, -0.25) is 4.79 Å². The molecule has 0 radical (unpaired) electrons. The molecule has 0 aliphatic carbocycles. The lowest BCUT2D eigenvalue weighted by Crippen LogP contribution is -2.32. The minimum atomic E-state index is -0.650. The maximum atomic E-state index is 12.5. The molecule has 0 spiro atoms. The summed E-state index contributed by atoms with van der Waals surface area (Å²) >= 11 is 0. The molecule has 1 aromatic heterocycles. The number of aromatic amines is 1. The molecule has 0 unspecified atom stereocenters. The van der Waals surface area contributed by atoms with Crippen LogP contribution in [-0.2, 0) is 9.47 Å². The van der Waals surface area contributed by atoms with Crippen LogP contribution in [0, 0.1) is 0 Å². The van der Waals surface area contributed by atoms with Crippen LogP contribution < -0.4 is 10.7 Å². The summed E-state index contributed by atoms with van der Waals surface area (Å²) in [6.07, 6.45) is 4.38. The van der Waals surface area contributed by atoms with E-state index in [0.29, 0.717) is 10.9 Å². The molecule has 7 nitrogen and oxygen atoms in total. The summed E-state index contributed by atoms with van der Waals surface area (Å²) in [6, 6.07) is 5.26. The third-order valence-electron chi connectivity index (χ3n) is 3.47. The zero-order chi connectivity index (χ0) is 20.0. The van der Waals surface area contributed by atoms with Crippen LogP contribution >= 0.6 is 0 Å². The molecule has 144 valence electrons. The van der Waals surface area contributed by atoms with Gasteiger partial charge in [0, 0.05) is 23.6 Å². The summed E-state index contributed by atoms with van der Waals surface area (Å²) in [4.78, 5) is 38.9. The van der Waals surface area contributed by atoms with Crippen molar-refractivity contribution in [3.05, 3.63) is 51.8 Å². The van der Waals surface area contributed by atoms with Gasteiger partial charge in [0.05, 0.1) is 6.61 Å². The molecule has 7 heteroatoms. The number of hydrogen-bond acceptors (Lipinski definition) is 5. The van der Waals surface area contributed by atoms with Gasteiger partial charge in [-0.05, 0) is 45.4 Å². The molecular formula is C20H24N2O5. The summed E-state index contributed by atoms with van der Waals surface area (Å²) in [6.45, 7) is 7.54. The van der Waals surface area contributed by atoms with E-state index in [4.69, 9.17) is 9.47 Å². The highest BCUT2D eigenvalue weighted by atomic mass is 16.6. The van der Waals surface area contributed by atoms with Crippen LogP contribution in [0.3, 0.4) is 0 Å². The van der Waals surface area contributed by atoms with Crippen LogP contribution in [0.5, 0.6) is 0 Å². The molecule has 2 aromatic rings. The van der Waals surface area contributed by atoms with Crippen molar-refractivity contribution in [2.75, 3.05) is 13.2 Å². The van der Waals surface area contributed by atoms with E-state index in [0.717, 1.165) is 5.56 Å². The lowest BCUT2D eigenvalue weighted by Gasteiger charge is -2.19. The van der Waals surface area contributed by atoms with Crippen molar-refractivity contribution in [3.8, 4) is 0 Å². The first-order chi connectivity index (χ1) is 12.7. The lowest BCUT2D eigenvalue weighted by molar-refractivity contribution is 0.0518. The van der Waals surface area contributed by atoms with Crippen LogP contribution in [0.25, 0.3) is 17.0 Å². The normalized spacial score (nSPS) is 11.6. The average Bonchev–Trinajstić information content (AvgIpc) is 2.58. The smallest absolute Gasteiger partial charge is 0.407 e. The maximum Gasteiger partial charge on any atom is 0.407 e. The predicted octanol–water partition coefficient (Wildman–Crippen LogP) is 3.24. The minimum absolute atomic E-state index is 0.0305. The van der Waals surface area contributed by atoms with E-state index in [1.165, 1.54) is 6.20 Å². The number of pyridine rings is 1. The van der Waals surface area contributed by atoms with E-state index >= 15 is 0 Å². The molecule has 0 saturated carbocycles. The Hall–Kier alpha value is -3.09. The highest BCUT2D eigenvalue weighted by molar-refractivity contribution is 5.93. The van der Waals surface area contributed by atoms with Gasteiger partial charge in [-0.2, -0.15) is 0 Å². The minimum Gasteiger partial charge on any atom is -0.462 e. The number of amides is 1. The van der Waals surface area contributed by atoms with Gasteiger partial charge >= 0.3 is 12.1 Å². The van der Waals surface area contributed by atoms with E-state index in [2.05, 4.69) is 10.3 Å². The van der Waals surface area contributed by atoms with E-state index < -0.39 is 17.7 Å². The summed E-state index contributed by atoms with van der Waals surface area (Å²) in [5.41, 5.74) is 0.419. The lowest BCUT2D eigenvalue weighted by atomic mass is 10.1. The van der Waals surface area contributed by atoms with Gasteiger partial charge in [-0.1, -0.05) is 18.2 Å². The Morgan fingerprint density at radius 1 is 1.26 bits per heavy atom. The molecule has 1 aromatic carbocycles. The zero-order valence-electron chi connectivity index (χ0n) is 15.9. The Morgan fingerprint density at radius 2 is 2.00 bits per heavy atom. The van der Waals surface area contributed by atoms with Crippen LogP contribution in [0.1, 0.15) is 43.6 Å². The van der Waals surface area contributed by atoms with Gasteiger partial charge < -0.3 is 19.8 Å². The average molecular weight is 372 g/mol. The molecule has 27 heavy (non-hydrogen) atoms. The van der Waals surface area contributed by atoms with Gasteiger partial charge in [0.2, 0.25) is 5.43 Å². The van der Waals surface area contributed by atoms with E-state index in [1.807, 2.05) is 6.07 Å². The van der Waals surface area contributed by atoms with Gasteiger partial charge in [0.1, 0.15) is 11.2 Å². The molecule has 0 fully saturated rings. The highest BCUT2D eigenvalue weighted by Gasteiger charge is 2.15. The first-order valence-corrected chi connectivity index (χ1v) is 8.67. The van der Waals surface area contributed by atoms with Gasteiger partial charge in [0.25, 0.3) is 0 Å². The topological polar surface area (TPSA) is 97.5 Å². The quantitative estimate of drug-likeness (QED) is 0.785. The Bertz CT molecular complexity index is 922. The van der Waals surface area contributed by atoms with Crippen LogP contribution in [-0.4, -0.2) is 35.8 Å². The fourth-order valence-electron chi connectivity index (χ4n) is 2.35. The second-order valence-corrected chi connectivity index (χ2v) is 6.84. The number of carbonyl (C=O) groups excluding carboxylic acids is 2. The molecule has 2 N–H and O–H groups in total. The molecule has 0 saturated heterocycles. The molecule has 0 aliphatic heterocycles. The molecule has 0 aliphatic rings. The summed E-state index contributed by atoms with van der Waals surface area (Å²) < 4.78 is 10.0. The number of benzene rings is 1. The highest BCUT2D eigenvalue weighted by Crippen LogP contribution is 2.13. The Morgan fingerprint density at radius 3 is 2.67 bits per heavy atom. The number of aromatic nitrogens is 1. The Balaban J connectivity index is 2.13. The zero-order valence-corrected chi connectivity index (χ0v) is 15.9. The second kappa shape index (κ2) is 8.53. The summed E-state index contributed by atoms with van der Waals surface area (Å²) in [7, 11) is 0. The molecule has 0 bridgehead atoms. The second-order valence-electron chi connectivity index (χ2n) is 6.84.